The van der Waals surface area contributed by atoms with Crippen LogP contribution in [0.5, 0.6) is 0 Å². The van der Waals surface area contributed by atoms with Gasteiger partial charge < -0.3 is 179 Å². The molecule has 282 valence electrons. The van der Waals surface area contributed by atoms with E-state index in [1.165, 1.54) is 0 Å². The summed E-state index contributed by atoms with van der Waals surface area (Å²) in [7, 11) is -23.8. The molecule has 0 aliphatic rings. The van der Waals surface area contributed by atoms with E-state index in [0.717, 1.165) is 0 Å². The molecule has 0 heterocycles. The first-order valence-corrected chi connectivity index (χ1v) is 8.52. The normalized spacial score (nSPS) is 5.60. The van der Waals surface area contributed by atoms with Gasteiger partial charge in [0.25, 0.3) is 0 Å². The standard InChI is InChI=1S/11BH3O3.9Na.9H/c11*2-1(3)4;;;;;;;;;;;;;;;;;;/h11*2-4H;;;;;;;;;;;;;;;;;;/q;;;;;;;;;;;9*+1;9*-1. The molecule has 0 aromatic carbocycles. The molecule has 0 aliphatic heterocycles. The van der Waals surface area contributed by atoms with Crippen LogP contribution in [0.3, 0.4) is 0 Å². The van der Waals surface area contributed by atoms with Crippen LogP contribution in [0.4, 0.5) is 0 Å². The van der Waals surface area contributed by atoms with Gasteiger partial charge in [0.1, 0.15) is 0 Å². The van der Waals surface area contributed by atoms with Gasteiger partial charge in [0.2, 0.25) is 0 Å². The van der Waals surface area contributed by atoms with E-state index in [-0.39, 0.29) is 279 Å². The third-order valence-corrected chi connectivity index (χ3v) is 0. The van der Waals surface area contributed by atoms with Gasteiger partial charge in [-0.2, -0.15) is 0 Å². The van der Waals surface area contributed by atoms with Gasteiger partial charge in [-0.15, -0.1) is 0 Å². The van der Waals surface area contributed by atoms with Gasteiger partial charge in [0.15, 0.2) is 0 Å². The molecule has 0 saturated carbocycles. The topological polar surface area (TPSA) is 668 Å². The molecule has 33 nitrogen and oxygen atoms in total. The molecular formula is H42B11Na9O33. The maximum Gasteiger partial charge on any atom is 1.00 e. The van der Waals surface area contributed by atoms with E-state index < -0.39 is 80.5 Å². The summed E-state index contributed by atoms with van der Waals surface area (Å²) in [5, 5.41) is 236. The van der Waals surface area contributed by atoms with Gasteiger partial charge in [-0.1, -0.05) is 0 Å². The predicted octanol–water partition coefficient (Wildman–Crippen LogP) is -48.5. The van der Waals surface area contributed by atoms with Crippen LogP contribution < -0.4 is 266 Å². The van der Waals surface area contributed by atoms with Crippen LogP contribution in [0.1, 0.15) is 12.8 Å². The maximum atomic E-state index is 7.17. The Kier molecular flexibility index (Phi) is 307. The first-order chi connectivity index (χ1) is 19.1. The maximum absolute atomic E-state index is 7.17. The fourth-order valence-electron chi connectivity index (χ4n) is 0. The number of hydrogen-bond acceptors (Lipinski definition) is 33. The number of rotatable bonds is 0. The monoisotopic (exact) mass is 898 g/mol. The molecule has 53 heteroatoms. The van der Waals surface area contributed by atoms with Crippen molar-refractivity contribution in [2.24, 2.45) is 0 Å². The van der Waals surface area contributed by atoms with Gasteiger partial charge in [-0.25, -0.2) is 0 Å². The minimum absolute atomic E-state index is 0. The zero-order valence-corrected chi connectivity index (χ0v) is 48.1. The van der Waals surface area contributed by atoms with E-state index in [1.807, 2.05) is 0 Å². The van der Waals surface area contributed by atoms with Gasteiger partial charge in [0.05, 0.1) is 0 Å². The van der Waals surface area contributed by atoms with E-state index in [9.17, 15) is 0 Å². The van der Waals surface area contributed by atoms with Crippen molar-refractivity contribution in [3.05, 3.63) is 0 Å². The van der Waals surface area contributed by atoms with Crippen molar-refractivity contribution in [1.82, 2.24) is 0 Å². The van der Waals surface area contributed by atoms with Crippen molar-refractivity contribution in [3.63, 3.8) is 0 Å². The van der Waals surface area contributed by atoms with Crippen LogP contribution >= 0.6 is 0 Å². The molecule has 0 atom stereocenters. The van der Waals surface area contributed by atoms with Crippen molar-refractivity contribution >= 4 is 80.5 Å². The molecule has 0 amide bonds. The van der Waals surface area contributed by atoms with Crippen molar-refractivity contribution in [1.29, 1.82) is 0 Å². The molecule has 0 aliphatic carbocycles. The Hall–Kier alpha value is 8.39. The third kappa shape index (κ3) is 2920. The molecule has 53 heavy (non-hydrogen) atoms. The largest absolute Gasteiger partial charge is 1.00 e. The fourth-order valence-corrected chi connectivity index (χ4v) is 0. The molecule has 0 spiro atoms. The summed E-state index contributed by atoms with van der Waals surface area (Å²) >= 11 is 0. The average molecular weight is 896 g/mol. The molecule has 0 aromatic rings. The fraction of sp³-hybridized carbons (Fsp3) is 0. The second-order valence-corrected chi connectivity index (χ2v) is 3.81. The summed E-state index contributed by atoms with van der Waals surface area (Å²) in [5.41, 5.74) is 0. The van der Waals surface area contributed by atoms with Crippen LogP contribution in [-0.2, 0) is 0 Å². The Labute approximate surface area is 516 Å². The Morgan fingerprint density at radius 3 is 0.113 bits per heavy atom. The predicted molar refractivity (Wildman–Crippen MR) is 147 cm³/mol. The van der Waals surface area contributed by atoms with Gasteiger partial charge in [0, 0.05) is 0 Å². The zero-order chi connectivity index (χ0) is 39.4. The quantitative estimate of drug-likeness (QED) is 0.100. The zero-order valence-electron chi connectivity index (χ0n) is 39.1. The third-order valence-electron chi connectivity index (χ3n) is 0. The minimum atomic E-state index is -2.17. The Bertz CT molecular complexity index is 274. The Morgan fingerprint density at radius 1 is 0.113 bits per heavy atom. The van der Waals surface area contributed by atoms with E-state index in [2.05, 4.69) is 0 Å². The van der Waals surface area contributed by atoms with Crippen LogP contribution in [0.2, 0.25) is 0 Å². The number of hydrogen-bond donors (Lipinski definition) is 33. The van der Waals surface area contributed by atoms with Crippen molar-refractivity contribution in [2.45, 2.75) is 0 Å². The molecule has 0 radical (unpaired) electrons. The van der Waals surface area contributed by atoms with Crippen molar-refractivity contribution < 1.29 is 445 Å². The summed E-state index contributed by atoms with van der Waals surface area (Å²) in [6.45, 7) is 0. The smallest absolute Gasteiger partial charge is 1.00 e. The summed E-state index contributed by atoms with van der Waals surface area (Å²) < 4.78 is 0. The Morgan fingerprint density at radius 2 is 0.113 bits per heavy atom. The second-order valence-electron chi connectivity index (χ2n) is 3.81. The van der Waals surface area contributed by atoms with Crippen molar-refractivity contribution in [3.8, 4) is 0 Å². The summed E-state index contributed by atoms with van der Waals surface area (Å²) in [6, 6.07) is 0. The van der Waals surface area contributed by atoms with Gasteiger partial charge in [-0.3, -0.25) is 0 Å². The van der Waals surface area contributed by atoms with Gasteiger partial charge in [-0.05, 0) is 0 Å². The molecule has 0 unspecified atom stereocenters. The minimum Gasteiger partial charge on any atom is -1.00 e. The molecule has 0 rings (SSSR count). The van der Waals surface area contributed by atoms with Gasteiger partial charge >= 0.3 is 347 Å². The molecule has 33 N–H and O–H groups in total. The molecular weight excluding hydrogens is 854 g/mol. The van der Waals surface area contributed by atoms with E-state index in [4.69, 9.17) is 166 Å². The molecule has 0 bridgehead atoms. The summed E-state index contributed by atoms with van der Waals surface area (Å²) in [6.07, 6.45) is 0. The van der Waals surface area contributed by atoms with Crippen LogP contribution in [0.25, 0.3) is 0 Å². The van der Waals surface area contributed by atoms with Crippen LogP contribution in [0, 0.1) is 0 Å². The van der Waals surface area contributed by atoms with E-state index >= 15 is 0 Å². The second kappa shape index (κ2) is 124. The van der Waals surface area contributed by atoms with E-state index in [1.54, 1.807) is 0 Å². The first kappa shape index (κ1) is 131. The average Bonchev–Trinajstić information content (AvgIpc) is 2.55. The summed E-state index contributed by atoms with van der Waals surface area (Å²) in [4.78, 5) is 0. The molecule has 0 fully saturated rings. The summed E-state index contributed by atoms with van der Waals surface area (Å²) in [5.74, 6) is 0. The van der Waals surface area contributed by atoms with Crippen molar-refractivity contribution in [2.75, 3.05) is 0 Å². The van der Waals surface area contributed by atoms with Crippen LogP contribution in [0.15, 0.2) is 0 Å². The molecule has 0 saturated heterocycles. The first-order valence-electron chi connectivity index (χ1n) is 8.52. The Balaban J connectivity index is -0.00000000695. The molecule has 0 aromatic heterocycles. The SMILES string of the molecule is OB(O)O.OB(O)O.OB(O)O.OB(O)O.OB(O)O.OB(O)O.OB(O)O.OB(O)O.OB(O)O.OB(O)O.OB(O)O.[H-].[H-].[H-].[H-].[H-].[H-].[H-].[H-].[H-].[Na+].[Na+].[Na+].[Na+].[Na+].[Na+].[Na+].[Na+].[Na+]. The van der Waals surface area contributed by atoms with E-state index in [0.29, 0.717) is 0 Å². The van der Waals surface area contributed by atoms with Crippen LogP contribution in [-0.4, -0.2) is 246 Å².